The van der Waals surface area contributed by atoms with Gasteiger partial charge in [0, 0.05) is 5.92 Å². The van der Waals surface area contributed by atoms with Gasteiger partial charge in [-0.05, 0) is 31.9 Å². The van der Waals surface area contributed by atoms with E-state index in [9.17, 15) is 14.7 Å². The summed E-state index contributed by atoms with van der Waals surface area (Å²) in [5.41, 5.74) is 7.18. The SMILES string of the molecule is Cc1nc2cccc(OCCNC(=O)C3CCCCC3)c2c(N)c1C(=O)O. The lowest BCUT2D eigenvalue weighted by Crippen LogP contribution is -2.34. The second-order valence-electron chi connectivity index (χ2n) is 6.92. The van der Waals surface area contributed by atoms with Crippen molar-refractivity contribution in [3.05, 3.63) is 29.5 Å². The maximum Gasteiger partial charge on any atom is 0.339 e. The highest BCUT2D eigenvalue weighted by Gasteiger charge is 2.21. The van der Waals surface area contributed by atoms with Crippen molar-refractivity contribution < 1.29 is 19.4 Å². The molecular weight excluding hydrogens is 346 g/mol. The van der Waals surface area contributed by atoms with E-state index in [1.165, 1.54) is 6.42 Å². The monoisotopic (exact) mass is 371 g/mol. The molecule has 1 aromatic carbocycles. The molecule has 2 aromatic rings. The number of nitrogens with two attached hydrogens (primary N) is 1. The average molecular weight is 371 g/mol. The number of carbonyl (C=O) groups is 2. The van der Waals surface area contributed by atoms with E-state index in [0.29, 0.717) is 28.9 Å². The van der Waals surface area contributed by atoms with Crippen molar-refractivity contribution in [1.82, 2.24) is 10.3 Å². The molecule has 3 rings (SSSR count). The lowest BCUT2D eigenvalue weighted by Gasteiger charge is -2.20. The fourth-order valence-electron chi connectivity index (χ4n) is 3.67. The minimum absolute atomic E-state index is 0.0100. The van der Waals surface area contributed by atoms with Gasteiger partial charge in [0.25, 0.3) is 0 Å². The molecule has 1 aromatic heterocycles. The lowest BCUT2D eigenvalue weighted by molar-refractivity contribution is -0.126. The second kappa shape index (κ2) is 8.24. The first-order valence-corrected chi connectivity index (χ1v) is 9.31. The van der Waals surface area contributed by atoms with Gasteiger partial charge in [-0.25, -0.2) is 4.79 Å². The van der Waals surface area contributed by atoms with Gasteiger partial charge in [-0.2, -0.15) is 0 Å². The van der Waals surface area contributed by atoms with Crippen LogP contribution < -0.4 is 15.8 Å². The Morgan fingerprint density at radius 3 is 2.74 bits per heavy atom. The van der Waals surface area contributed by atoms with Crippen LogP contribution in [-0.4, -0.2) is 35.1 Å². The van der Waals surface area contributed by atoms with E-state index < -0.39 is 5.97 Å². The van der Waals surface area contributed by atoms with Gasteiger partial charge >= 0.3 is 5.97 Å². The molecule has 0 atom stereocenters. The van der Waals surface area contributed by atoms with E-state index >= 15 is 0 Å². The van der Waals surface area contributed by atoms with E-state index in [4.69, 9.17) is 10.5 Å². The number of nitrogen functional groups attached to an aromatic ring is 1. The highest BCUT2D eigenvalue weighted by atomic mass is 16.5. The van der Waals surface area contributed by atoms with Gasteiger partial charge in [-0.1, -0.05) is 25.3 Å². The fraction of sp³-hybridized carbons (Fsp3) is 0.450. The van der Waals surface area contributed by atoms with Gasteiger partial charge in [0.2, 0.25) is 5.91 Å². The number of carboxylic acid groups (broad SMARTS) is 1. The summed E-state index contributed by atoms with van der Waals surface area (Å²) in [5, 5.41) is 12.8. The number of benzene rings is 1. The molecule has 1 amide bonds. The number of aromatic nitrogens is 1. The number of hydrogen-bond acceptors (Lipinski definition) is 5. The van der Waals surface area contributed by atoms with Crippen LogP contribution in [0.4, 0.5) is 5.69 Å². The van der Waals surface area contributed by atoms with E-state index in [0.717, 1.165) is 25.7 Å². The van der Waals surface area contributed by atoms with Crippen LogP contribution in [0.3, 0.4) is 0 Å². The van der Waals surface area contributed by atoms with Crippen LogP contribution >= 0.6 is 0 Å². The van der Waals surface area contributed by atoms with Crippen LogP contribution in [0, 0.1) is 12.8 Å². The zero-order valence-corrected chi connectivity index (χ0v) is 15.5. The zero-order chi connectivity index (χ0) is 19.4. The average Bonchev–Trinajstić information content (AvgIpc) is 2.65. The number of nitrogens with zero attached hydrogens (tertiary/aromatic N) is 1. The van der Waals surface area contributed by atoms with Crippen LogP contribution in [0.2, 0.25) is 0 Å². The number of aromatic carboxylic acids is 1. The summed E-state index contributed by atoms with van der Waals surface area (Å²) in [4.78, 5) is 28.0. The van der Waals surface area contributed by atoms with Gasteiger partial charge in [-0.15, -0.1) is 0 Å². The fourth-order valence-corrected chi connectivity index (χ4v) is 3.67. The summed E-state index contributed by atoms with van der Waals surface area (Å²) in [6.45, 7) is 2.28. The van der Waals surface area contributed by atoms with Gasteiger partial charge in [0.1, 0.15) is 17.9 Å². The van der Waals surface area contributed by atoms with Crippen molar-refractivity contribution >= 4 is 28.5 Å². The second-order valence-corrected chi connectivity index (χ2v) is 6.92. The molecule has 27 heavy (non-hydrogen) atoms. The van der Waals surface area contributed by atoms with Crippen LogP contribution in [-0.2, 0) is 4.79 Å². The Labute approximate surface area is 157 Å². The van der Waals surface area contributed by atoms with Gasteiger partial charge in [0.05, 0.1) is 28.8 Å². The molecular formula is C20H25N3O4. The van der Waals surface area contributed by atoms with E-state index in [2.05, 4.69) is 10.3 Å². The highest BCUT2D eigenvalue weighted by Crippen LogP contribution is 2.33. The number of carboxylic acids is 1. The van der Waals surface area contributed by atoms with Gasteiger partial charge in [-0.3, -0.25) is 9.78 Å². The summed E-state index contributed by atoms with van der Waals surface area (Å²) in [5.74, 6) is -0.459. The summed E-state index contributed by atoms with van der Waals surface area (Å²) >= 11 is 0. The van der Waals surface area contributed by atoms with Crippen LogP contribution in [0.1, 0.15) is 48.2 Å². The van der Waals surface area contributed by atoms with Crippen molar-refractivity contribution in [3.8, 4) is 5.75 Å². The number of anilines is 1. The summed E-state index contributed by atoms with van der Waals surface area (Å²) < 4.78 is 5.78. The maximum absolute atomic E-state index is 12.2. The van der Waals surface area contributed by atoms with E-state index in [-0.39, 0.29) is 29.7 Å². The van der Waals surface area contributed by atoms with Crippen molar-refractivity contribution in [2.24, 2.45) is 5.92 Å². The number of ether oxygens (including phenoxy) is 1. The Hall–Kier alpha value is -2.83. The number of nitrogens with one attached hydrogen (secondary N) is 1. The number of pyridine rings is 1. The van der Waals surface area contributed by atoms with Crippen molar-refractivity contribution in [1.29, 1.82) is 0 Å². The molecule has 144 valence electrons. The first-order valence-electron chi connectivity index (χ1n) is 9.31. The summed E-state index contributed by atoms with van der Waals surface area (Å²) in [6.07, 6.45) is 5.34. The molecule has 7 nitrogen and oxygen atoms in total. The molecule has 4 N–H and O–H groups in total. The van der Waals surface area contributed by atoms with E-state index in [1.54, 1.807) is 25.1 Å². The number of rotatable bonds is 6. The van der Waals surface area contributed by atoms with Gasteiger partial charge in [0.15, 0.2) is 0 Å². The summed E-state index contributed by atoms with van der Waals surface area (Å²) in [6, 6.07) is 5.27. The molecule has 1 saturated carbocycles. The minimum atomic E-state index is -1.12. The molecule has 7 heteroatoms. The maximum atomic E-state index is 12.2. The van der Waals surface area contributed by atoms with Gasteiger partial charge < -0.3 is 20.9 Å². The number of amides is 1. The predicted molar refractivity (Wildman–Crippen MR) is 103 cm³/mol. The molecule has 1 fully saturated rings. The lowest BCUT2D eigenvalue weighted by atomic mass is 9.89. The third kappa shape index (κ3) is 4.13. The molecule has 1 aliphatic carbocycles. The molecule has 1 aliphatic rings. The van der Waals surface area contributed by atoms with Crippen LogP contribution in [0.15, 0.2) is 18.2 Å². The standard InChI is InChI=1S/C20H25N3O4/c1-12-16(20(25)26)18(21)17-14(23-12)8-5-9-15(17)27-11-10-22-19(24)13-6-3-2-4-7-13/h5,8-9,13H,2-4,6-7,10-11H2,1H3,(H2,21,23)(H,22,24)(H,25,26). The number of hydrogen-bond donors (Lipinski definition) is 3. The molecule has 0 spiro atoms. The van der Waals surface area contributed by atoms with Crippen molar-refractivity contribution in [2.75, 3.05) is 18.9 Å². The zero-order valence-electron chi connectivity index (χ0n) is 15.5. The molecule has 0 bridgehead atoms. The Kier molecular flexibility index (Phi) is 5.78. The molecule has 0 unspecified atom stereocenters. The molecule has 0 radical (unpaired) electrons. The molecule has 0 aliphatic heterocycles. The molecule has 1 heterocycles. The Balaban J connectivity index is 1.69. The third-order valence-corrected chi connectivity index (χ3v) is 5.04. The van der Waals surface area contributed by atoms with Crippen molar-refractivity contribution in [3.63, 3.8) is 0 Å². The minimum Gasteiger partial charge on any atom is -0.491 e. The Morgan fingerprint density at radius 2 is 2.04 bits per heavy atom. The van der Waals surface area contributed by atoms with E-state index in [1.807, 2.05) is 0 Å². The number of aryl methyl sites for hydroxylation is 1. The Morgan fingerprint density at radius 1 is 1.30 bits per heavy atom. The normalized spacial score (nSPS) is 14.9. The predicted octanol–water partition coefficient (Wildman–Crippen LogP) is 2.90. The Bertz CT molecular complexity index is 860. The topological polar surface area (TPSA) is 115 Å². The third-order valence-electron chi connectivity index (χ3n) is 5.04. The van der Waals surface area contributed by atoms with Crippen LogP contribution in [0.5, 0.6) is 5.75 Å². The highest BCUT2D eigenvalue weighted by molar-refractivity contribution is 6.06. The smallest absolute Gasteiger partial charge is 0.339 e. The number of carbonyl (C=O) groups excluding carboxylic acids is 1. The quantitative estimate of drug-likeness (QED) is 0.673. The largest absolute Gasteiger partial charge is 0.491 e. The summed E-state index contributed by atoms with van der Waals surface area (Å²) in [7, 11) is 0. The molecule has 0 saturated heterocycles. The number of fused-ring (bicyclic) bond motifs is 1. The van der Waals surface area contributed by atoms with Crippen molar-refractivity contribution in [2.45, 2.75) is 39.0 Å². The van der Waals surface area contributed by atoms with Crippen LogP contribution in [0.25, 0.3) is 10.9 Å². The first kappa shape index (κ1) is 18.9. The first-order chi connectivity index (χ1) is 13.0.